The van der Waals surface area contributed by atoms with Crippen LogP contribution in [0.15, 0.2) is 91.0 Å². The Hall–Kier alpha value is -4.80. The third-order valence-corrected chi connectivity index (χ3v) is 8.40. The van der Waals surface area contributed by atoms with Crippen LogP contribution in [-0.4, -0.2) is 30.1 Å². The maximum absolute atomic E-state index is 13.8. The zero-order valence-electron chi connectivity index (χ0n) is 28.1. The number of carbonyl (C=O) groups is 2. The van der Waals surface area contributed by atoms with Crippen LogP contribution in [-0.2, 0) is 23.6 Å². The number of benzene rings is 4. The molecule has 2 N–H and O–H groups in total. The number of aryl methyl sites for hydroxylation is 1. The van der Waals surface area contributed by atoms with Gasteiger partial charge in [0, 0.05) is 29.7 Å². The first kappa shape index (κ1) is 39.0. The van der Waals surface area contributed by atoms with Gasteiger partial charge < -0.3 is 15.2 Å². The average Bonchev–Trinajstić information content (AvgIpc) is 3.10. The minimum atomic E-state index is -4.69. The fraction of sp³-hybridized carbons (Fsp3) is 0.350. The van der Waals surface area contributed by atoms with Gasteiger partial charge in [-0.25, -0.2) is 0 Å². The van der Waals surface area contributed by atoms with Crippen molar-refractivity contribution >= 4 is 11.9 Å². The maximum atomic E-state index is 13.8. The van der Waals surface area contributed by atoms with Crippen molar-refractivity contribution in [2.45, 2.75) is 76.6 Å². The predicted octanol–water partition coefficient (Wildman–Crippen LogP) is 11.0. The molecule has 272 valence electrons. The zero-order valence-corrected chi connectivity index (χ0v) is 28.1. The first-order valence-electron chi connectivity index (χ1n) is 17.0. The van der Waals surface area contributed by atoms with E-state index in [1.54, 1.807) is 0 Å². The fourth-order valence-electron chi connectivity index (χ4n) is 5.73. The van der Waals surface area contributed by atoms with Crippen molar-refractivity contribution in [2.75, 3.05) is 13.2 Å². The molecular weight excluding hydrogens is 672 g/mol. The Kier molecular flexibility index (Phi) is 14.1. The first-order valence-corrected chi connectivity index (χ1v) is 17.0. The fourth-order valence-corrected chi connectivity index (χ4v) is 5.73. The number of carboxylic acids is 1. The molecule has 5 nitrogen and oxygen atoms in total. The summed E-state index contributed by atoms with van der Waals surface area (Å²) in [4.78, 5) is 24.5. The smallest absolute Gasteiger partial charge is 0.416 e. The lowest BCUT2D eigenvalue weighted by atomic mass is 9.92. The molecular formula is C40H41F6NO4. The monoisotopic (exact) mass is 713 g/mol. The minimum absolute atomic E-state index is 0.0206. The van der Waals surface area contributed by atoms with Gasteiger partial charge in [0.05, 0.1) is 17.7 Å². The van der Waals surface area contributed by atoms with Crippen LogP contribution in [0.1, 0.15) is 84.8 Å². The highest BCUT2D eigenvalue weighted by Crippen LogP contribution is 2.43. The summed E-state index contributed by atoms with van der Waals surface area (Å²) in [6.07, 6.45) is -2.20. The van der Waals surface area contributed by atoms with Crippen molar-refractivity contribution in [3.05, 3.63) is 113 Å². The number of aliphatic carboxylic acids is 1. The van der Waals surface area contributed by atoms with E-state index in [1.165, 1.54) is 42.0 Å². The number of alkyl halides is 6. The number of carbonyl (C=O) groups excluding carboxylic acids is 1. The van der Waals surface area contributed by atoms with Crippen molar-refractivity contribution < 1.29 is 45.8 Å². The second-order valence-corrected chi connectivity index (χ2v) is 12.4. The molecule has 0 aliphatic rings. The Balaban J connectivity index is 1.58. The van der Waals surface area contributed by atoms with Crippen molar-refractivity contribution in [3.8, 4) is 28.0 Å². The summed E-state index contributed by atoms with van der Waals surface area (Å²) < 4.78 is 88.6. The van der Waals surface area contributed by atoms with Crippen molar-refractivity contribution in [1.82, 2.24) is 5.32 Å². The second kappa shape index (κ2) is 18.4. The van der Waals surface area contributed by atoms with Gasteiger partial charge in [-0.15, -0.1) is 0 Å². The standard InChI is InChI=1S/C40H41F6NO4/c41-39(42,43)32-19-12-17-29(24-32)34-26-31(38(50)47-22-10-4-2-1-3-6-14-28-15-7-5-8-16-28)27-35(37(34)51-23-11-9-21-36(48)49)30-18-13-20-33(25-30)40(44,45)46/h5,7-8,12-13,15-20,24-27H,1-4,6,9-11,14,21-23H2,(H,47,50)(H,48,49). The van der Waals surface area contributed by atoms with Crippen LogP contribution in [0.25, 0.3) is 22.3 Å². The highest BCUT2D eigenvalue weighted by Gasteiger charge is 2.32. The molecule has 0 bridgehead atoms. The number of nitrogens with one attached hydrogen (secondary N) is 1. The molecule has 4 rings (SSSR count). The van der Waals surface area contributed by atoms with E-state index in [4.69, 9.17) is 9.84 Å². The topological polar surface area (TPSA) is 75.6 Å². The maximum Gasteiger partial charge on any atom is 0.416 e. The Morgan fingerprint density at radius 3 is 1.73 bits per heavy atom. The lowest BCUT2D eigenvalue weighted by Gasteiger charge is -2.20. The third-order valence-electron chi connectivity index (χ3n) is 8.40. The van der Waals surface area contributed by atoms with Crippen LogP contribution < -0.4 is 10.1 Å². The van der Waals surface area contributed by atoms with Gasteiger partial charge in [0.1, 0.15) is 5.75 Å². The summed E-state index contributed by atoms with van der Waals surface area (Å²) in [6.45, 7) is 0.269. The predicted molar refractivity (Wildman–Crippen MR) is 184 cm³/mol. The molecule has 1 amide bonds. The molecule has 0 fully saturated rings. The van der Waals surface area contributed by atoms with Gasteiger partial charge in [-0.05, 0) is 85.2 Å². The SMILES string of the molecule is O=C(O)CCCCOc1c(-c2cccc(C(F)(F)F)c2)cc(C(=O)NCCCCCCCCc2ccccc2)cc1-c1cccc(C(F)(F)F)c1. The Morgan fingerprint density at radius 1 is 0.627 bits per heavy atom. The molecule has 4 aromatic carbocycles. The van der Waals surface area contributed by atoms with Gasteiger partial charge in [-0.2, -0.15) is 26.3 Å². The van der Waals surface area contributed by atoms with Gasteiger partial charge in [-0.1, -0.05) is 80.3 Å². The van der Waals surface area contributed by atoms with E-state index in [2.05, 4.69) is 17.4 Å². The van der Waals surface area contributed by atoms with E-state index in [-0.39, 0.29) is 59.4 Å². The van der Waals surface area contributed by atoms with Crippen LogP contribution in [0.4, 0.5) is 26.3 Å². The lowest BCUT2D eigenvalue weighted by Crippen LogP contribution is -2.24. The van der Waals surface area contributed by atoms with Crippen LogP contribution in [0, 0.1) is 0 Å². The van der Waals surface area contributed by atoms with Crippen molar-refractivity contribution in [3.63, 3.8) is 0 Å². The number of hydrogen-bond acceptors (Lipinski definition) is 3. The van der Waals surface area contributed by atoms with Crippen LogP contribution >= 0.6 is 0 Å². The van der Waals surface area contributed by atoms with E-state index >= 15 is 0 Å². The molecule has 0 saturated carbocycles. The number of carboxylic acid groups (broad SMARTS) is 1. The highest BCUT2D eigenvalue weighted by molar-refractivity contribution is 5.99. The quantitative estimate of drug-likeness (QED) is 0.0795. The summed E-state index contributed by atoms with van der Waals surface area (Å²) in [5, 5.41) is 11.8. The minimum Gasteiger partial charge on any atom is -0.492 e. The molecule has 0 saturated heterocycles. The number of rotatable bonds is 18. The number of hydrogen-bond donors (Lipinski definition) is 2. The van der Waals surface area contributed by atoms with E-state index in [9.17, 15) is 35.9 Å². The molecule has 11 heteroatoms. The van der Waals surface area contributed by atoms with Crippen LogP contribution in [0.2, 0.25) is 0 Å². The molecule has 0 aliphatic heterocycles. The Bertz CT molecular complexity index is 1660. The molecule has 4 aromatic rings. The summed E-state index contributed by atoms with van der Waals surface area (Å²) in [5.74, 6) is -1.57. The molecule has 0 atom stereocenters. The highest BCUT2D eigenvalue weighted by atomic mass is 19.4. The normalized spacial score (nSPS) is 11.7. The van der Waals surface area contributed by atoms with Gasteiger partial charge in [-0.3, -0.25) is 9.59 Å². The lowest BCUT2D eigenvalue weighted by molar-refractivity contribution is -0.138. The molecule has 0 radical (unpaired) electrons. The molecule has 0 unspecified atom stereocenters. The molecule has 0 aromatic heterocycles. The number of amides is 1. The first-order chi connectivity index (χ1) is 24.3. The van der Waals surface area contributed by atoms with E-state index < -0.39 is 35.4 Å². The number of halogens is 6. The Morgan fingerprint density at radius 2 is 1.18 bits per heavy atom. The van der Waals surface area contributed by atoms with E-state index in [1.807, 2.05) is 18.2 Å². The van der Waals surface area contributed by atoms with Crippen molar-refractivity contribution in [1.29, 1.82) is 0 Å². The van der Waals surface area contributed by atoms with Gasteiger partial charge in [0.2, 0.25) is 0 Å². The van der Waals surface area contributed by atoms with Crippen LogP contribution in [0.5, 0.6) is 5.75 Å². The van der Waals surface area contributed by atoms with Crippen LogP contribution in [0.3, 0.4) is 0 Å². The number of ether oxygens (including phenoxy) is 1. The molecule has 0 spiro atoms. The summed E-state index contributed by atoms with van der Waals surface area (Å²) >= 11 is 0. The summed E-state index contributed by atoms with van der Waals surface area (Å²) in [7, 11) is 0. The van der Waals surface area contributed by atoms with Gasteiger partial charge >= 0.3 is 18.3 Å². The summed E-state index contributed by atoms with van der Waals surface area (Å²) in [5.41, 5.74) is -0.325. The van der Waals surface area contributed by atoms with E-state index in [0.717, 1.165) is 62.8 Å². The Labute approximate surface area is 293 Å². The van der Waals surface area contributed by atoms with Gasteiger partial charge in [0.25, 0.3) is 5.91 Å². The zero-order chi connectivity index (χ0) is 36.9. The largest absolute Gasteiger partial charge is 0.492 e. The van der Waals surface area contributed by atoms with E-state index in [0.29, 0.717) is 13.0 Å². The number of unbranched alkanes of at least 4 members (excludes halogenated alkanes) is 6. The molecule has 51 heavy (non-hydrogen) atoms. The second-order valence-electron chi connectivity index (χ2n) is 12.4. The average molecular weight is 714 g/mol. The third kappa shape index (κ3) is 12.2. The molecule has 0 heterocycles. The molecule has 0 aliphatic carbocycles. The van der Waals surface area contributed by atoms with Gasteiger partial charge in [0.15, 0.2) is 0 Å². The van der Waals surface area contributed by atoms with Crippen molar-refractivity contribution in [2.24, 2.45) is 0 Å². The summed E-state index contributed by atoms with van der Waals surface area (Å²) in [6, 6.07) is 21.8.